The zero-order chi connectivity index (χ0) is 9.35. The Bertz CT molecular complexity index is 268. The fraction of sp³-hybridized carbons (Fsp3) is 0.333. The van der Waals surface area contributed by atoms with Crippen molar-refractivity contribution in [3.05, 3.63) is 22.4 Å². The van der Waals surface area contributed by atoms with Gasteiger partial charge in [0.15, 0.2) is 0 Å². The van der Waals surface area contributed by atoms with Crippen molar-refractivity contribution in [2.75, 3.05) is 0 Å². The van der Waals surface area contributed by atoms with Crippen LogP contribution in [0.4, 0.5) is 13.2 Å². The molecule has 12 heavy (non-hydrogen) atoms. The van der Waals surface area contributed by atoms with Gasteiger partial charge in [0.2, 0.25) is 0 Å². The van der Waals surface area contributed by atoms with E-state index in [9.17, 15) is 13.2 Å². The minimum absolute atomic E-state index is 0.0469. The summed E-state index contributed by atoms with van der Waals surface area (Å²) in [6.07, 6.45) is -4.40. The molecule has 1 atom stereocenters. The topological polar surface area (TPSA) is 41.8 Å². The second-order valence-corrected chi connectivity index (χ2v) is 3.14. The lowest BCUT2D eigenvalue weighted by molar-refractivity contribution is -0.149. The summed E-state index contributed by atoms with van der Waals surface area (Å²) < 4.78 is 36.4. The number of alkyl halides is 3. The lowest BCUT2D eigenvalue weighted by Crippen LogP contribution is -2.28. The number of nitrogens with one attached hydrogen (secondary N) is 1. The van der Waals surface area contributed by atoms with Gasteiger partial charge in [-0.25, -0.2) is 0 Å². The molecule has 0 aliphatic carbocycles. The molecule has 1 aromatic rings. The standard InChI is InChI=1S/C6H6BrF3N2/c7-4-2-1-3(12-4)5(11)6(8,9)10/h1-2,5,12H,11H2. The third kappa shape index (κ3) is 2.01. The molecule has 68 valence electrons. The van der Waals surface area contributed by atoms with Crippen molar-refractivity contribution in [1.82, 2.24) is 4.98 Å². The molecule has 6 heteroatoms. The molecule has 0 amide bonds. The van der Waals surface area contributed by atoms with Gasteiger partial charge in [0.25, 0.3) is 0 Å². The van der Waals surface area contributed by atoms with Crippen molar-refractivity contribution < 1.29 is 13.2 Å². The molecular weight excluding hydrogens is 237 g/mol. The molecule has 0 radical (unpaired) electrons. The second kappa shape index (κ2) is 3.10. The van der Waals surface area contributed by atoms with Crippen molar-refractivity contribution in [2.24, 2.45) is 5.73 Å². The Morgan fingerprint density at radius 3 is 2.33 bits per heavy atom. The number of nitrogens with two attached hydrogens (primary N) is 1. The first kappa shape index (κ1) is 9.60. The van der Waals surface area contributed by atoms with E-state index in [4.69, 9.17) is 5.73 Å². The van der Waals surface area contributed by atoms with E-state index in [-0.39, 0.29) is 5.69 Å². The van der Waals surface area contributed by atoms with Gasteiger partial charge in [0.05, 0.1) is 4.60 Å². The summed E-state index contributed by atoms with van der Waals surface area (Å²) in [5.41, 5.74) is 4.86. The molecule has 0 bridgehead atoms. The van der Waals surface area contributed by atoms with Crippen LogP contribution in [0.2, 0.25) is 0 Å². The smallest absolute Gasteiger partial charge is 0.352 e. The summed E-state index contributed by atoms with van der Waals surface area (Å²) in [7, 11) is 0. The SMILES string of the molecule is NC(c1ccc(Br)[nH]1)C(F)(F)F. The van der Waals surface area contributed by atoms with Crippen LogP contribution in [0.15, 0.2) is 16.7 Å². The van der Waals surface area contributed by atoms with Crippen LogP contribution >= 0.6 is 15.9 Å². The Balaban J connectivity index is 2.85. The number of H-pyrrole nitrogens is 1. The van der Waals surface area contributed by atoms with Crippen LogP contribution < -0.4 is 5.73 Å². The van der Waals surface area contributed by atoms with Crippen molar-refractivity contribution in [3.63, 3.8) is 0 Å². The summed E-state index contributed by atoms with van der Waals surface area (Å²) in [5, 5.41) is 0. The van der Waals surface area contributed by atoms with Gasteiger partial charge in [-0.3, -0.25) is 0 Å². The Morgan fingerprint density at radius 1 is 1.42 bits per heavy atom. The molecular formula is C6H6BrF3N2. The van der Waals surface area contributed by atoms with Crippen molar-refractivity contribution >= 4 is 15.9 Å². The lowest BCUT2D eigenvalue weighted by atomic mass is 10.2. The summed E-state index contributed by atoms with van der Waals surface area (Å²) in [5.74, 6) is 0. The molecule has 0 spiro atoms. The number of hydrogen-bond donors (Lipinski definition) is 2. The number of rotatable bonds is 1. The first-order chi connectivity index (χ1) is 5.41. The highest BCUT2D eigenvalue weighted by atomic mass is 79.9. The average molecular weight is 243 g/mol. The van der Waals surface area contributed by atoms with Crippen LogP contribution in [-0.2, 0) is 0 Å². The lowest BCUT2D eigenvalue weighted by Gasteiger charge is -2.13. The Kier molecular flexibility index (Phi) is 2.48. The molecule has 0 fully saturated rings. The normalized spacial score (nSPS) is 14.8. The molecule has 0 aliphatic heterocycles. The van der Waals surface area contributed by atoms with Crippen molar-refractivity contribution in [1.29, 1.82) is 0 Å². The van der Waals surface area contributed by atoms with E-state index in [1.807, 2.05) is 0 Å². The van der Waals surface area contributed by atoms with Crippen LogP contribution in [0.3, 0.4) is 0 Å². The summed E-state index contributed by atoms with van der Waals surface area (Å²) in [6, 6.07) is 0.826. The van der Waals surface area contributed by atoms with E-state index in [0.717, 1.165) is 0 Å². The number of halogens is 4. The molecule has 0 saturated heterocycles. The first-order valence-electron chi connectivity index (χ1n) is 3.08. The summed E-state index contributed by atoms with van der Waals surface area (Å²) in [4.78, 5) is 2.45. The van der Waals surface area contributed by atoms with Gasteiger partial charge in [0, 0.05) is 5.69 Å². The highest BCUT2D eigenvalue weighted by molar-refractivity contribution is 9.10. The molecule has 1 heterocycles. The van der Waals surface area contributed by atoms with Crippen molar-refractivity contribution in [3.8, 4) is 0 Å². The van der Waals surface area contributed by atoms with E-state index >= 15 is 0 Å². The van der Waals surface area contributed by atoms with E-state index in [0.29, 0.717) is 4.60 Å². The average Bonchev–Trinajstić information content (AvgIpc) is 2.32. The van der Waals surface area contributed by atoms with Crippen LogP contribution in [0.5, 0.6) is 0 Å². The third-order valence-corrected chi connectivity index (χ3v) is 1.82. The van der Waals surface area contributed by atoms with E-state index in [1.165, 1.54) is 12.1 Å². The van der Waals surface area contributed by atoms with Gasteiger partial charge in [-0.05, 0) is 28.1 Å². The minimum Gasteiger partial charge on any atom is -0.352 e. The highest BCUT2D eigenvalue weighted by Gasteiger charge is 2.38. The van der Waals surface area contributed by atoms with E-state index in [2.05, 4.69) is 20.9 Å². The fourth-order valence-electron chi connectivity index (χ4n) is 0.742. The van der Waals surface area contributed by atoms with Crippen LogP contribution in [0, 0.1) is 0 Å². The molecule has 2 nitrogen and oxygen atoms in total. The van der Waals surface area contributed by atoms with Gasteiger partial charge in [-0.15, -0.1) is 0 Å². The predicted octanol–water partition coefficient (Wildman–Crippen LogP) is 2.34. The van der Waals surface area contributed by atoms with Crippen molar-refractivity contribution in [2.45, 2.75) is 12.2 Å². The van der Waals surface area contributed by atoms with E-state index < -0.39 is 12.2 Å². The van der Waals surface area contributed by atoms with Gasteiger partial charge in [-0.1, -0.05) is 0 Å². The molecule has 0 saturated carbocycles. The summed E-state index contributed by atoms with van der Waals surface area (Å²) in [6.45, 7) is 0. The Morgan fingerprint density at radius 2 is 2.00 bits per heavy atom. The molecule has 1 unspecified atom stereocenters. The van der Waals surface area contributed by atoms with Crippen LogP contribution in [-0.4, -0.2) is 11.2 Å². The maximum atomic E-state index is 12.0. The zero-order valence-electron chi connectivity index (χ0n) is 5.82. The predicted molar refractivity (Wildman–Crippen MR) is 41.5 cm³/mol. The third-order valence-electron chi connectivity index (χ3n) is 1.36. The Hall–Kier alpha value is -0.490. The molecule has 1 rings (SSSR count). The number of hydrogen-bond acceptors (Lipinski definition) is 1. The quantitative estimate of drug-likeness (QED) is 0.780. The second-order valence-electron chi connectivity index (χ2n) is 2.28. The highest BCUT2D eigenvalue weighted by Crippen LogP contribution is 2.30. The molecule has 3 N–H and O–H groups in total. The first-order valence-corrected chi connectivity index (χ1v) is 3.87. The zero-order valence-corrected chi connectivity index (χ0v) is 7.41. The molecule has 0 aromatic carbocycles. The minimum atomic E-state index is -4.40. The molecule has 0 aliphatic rings. The summed E-state index contributed by atoms with van der Waals surface area (Å²) >= 11 is 2.99. The van der Waals surface area contributed by atoms with Crippen LogP contribution in [0.1, 0.15) is 11.7 Å². The van der Waals surface area contributed by atoms with Gasteiger partial charge in [0.1, 0.15) is 6.04 Å². The van der Waals surface area contributed by atoms with Gasteiger partial charge >= 0.3 is 6.18 Å². The monoisotopic (exact) mass is 242 g/mol. The fourth-order valence-corrected chi connectivity index (χ4v) is 1.10. The van der Waals surface area contributed by atoms with Gasteiger partial charge < -0.3 is 10.7 Å². The van der Waals surface area contributed by atoms with Crippen LogP contribution in [0.25, 0.3) is 0 Å². The van der Waals surface area contributed by atoms with Gasteiger partial charge in [-0.2, -0.15) is 13.2 Å². The number of aromatic amines is 1. The molecule has 1 aromatic heterocycles. The number of aromatic nitrogens is 1. The largest absolute Gasteiger partial charge is 0.409 e. The maximum Gasteiger partial charge on any atom is 0.409 e. The van der Waals surface area contributed by atoms with E-state index in [1.54, 1.807) is 0 Å². The Labute approximate surface area is 75.1 Å². The maximum absolute atomic E-state index is 12.0.